The molecule has 0 aromatic carbocycles. The lowest BCUT2D eigenvalue weighted by Gasteiger charge is -2.39. The van der Waals surface area contributed by atoms with Gasteiger partial charge >= 0.3 is 6.18 Å². The number of rotatable bonds is 6. The molecule has 10 nitrogen and oxygen atoms in total. The summed E-state index contributed by atoms with van der Waals surface area (Å²) in [6.07, 6.45) is -7.46. The van der Waals surface area contributed by atoms with Gasteiger partial charge in [0.2, 0.25) is 10.0 Å². The van der Waals surface area contributed by atoms with Crippen LogP contribution in [-0.2, 0) is 14.8 Å². The van der Waals surface area contributed by atoms with Gasteiger partial charge in [-0.25, -0.2) is 41.4 Å². The predicted octanol–water partition coefficient (Wildman–Crippen LogP) is 1.81. The first-order valence-electron chi connectivity index (χ1n) is 9.78. The normalized spacial score (nSPS) is 19.8. The number of imidazole rings is 1. The van der Waals surface area contributed by atoms with Crippen molar-refractivity contribution in [2.24, 2.45) is 0 Å². The molecule has 0 aliphatic carbocycles. The zero-order valence-electron chi connectivity index (χ0n) is 17.4. The van der Waals surface area contributed by atoms with Crippen molar-refractivity contribution in [1.82, 2.24) is 29.3 Å². The molecule has 1 fully saturated rings. The second-order valence-electron chi connectivity index (χ2n) is 7.55. The summed E-state index contributed by atoms with van der Waals surface area (Å²) in [4.78, 5) is 13.5. The lowest BCUT2D eigenvalue weighted by atomic mass is 10.2. The summed E-state index contributed by atoms with van der Waals surface area (Å²) < 4.78 is 97.6. The second kappa shape index (κ2) is 8.99. The monoisotopic (exact) mass is 507 g/mol. The molecular formula is C18H18F5N7O3S. The minimum absolute atomic E-state index is 0.0908. The van der Waals surface area contributed by atoms with Gasteiger partial charge in [0.15, 0.2) is 11.8 Å². The van der Waals surface area contributed by atoms with Crippen molar-refractivity contribution >= 4 is 21.5 Å². The molecule has 0 spiro atoms. The molecule has 0 saturated carbocycles. The van der Waals surface area contributed by atoms with Crippen LogP contribution in [-0.4, -0.2) is 77.3 Å². The third kappa shape index (κ3) is 5.39. The molecule has 1 N–H and O–H groups in total. The van der Waals surface area contributed by atoms with Crippen LogP contribution in [0, 0.1) is 0 Å². The number of anilines is 1. The molecule has 3 aromatic rings. The molecule has 1 saturated heterocycles. The van der Waals surface area contributed by atoms with E-state index in [0.717, 1.165) is 23.2 Å². The van der Waals surface area contributed by atoms with Crippen molar-refractivity contribution in [2.75, 3.05) is 30.8 Å². The molecule has 16 heteroatoms. The van der Waals surface area contributed by atoms with Gasteiger partial charge in [-0.05, 0) is 12.1 Å². The topological polar surface area (TPSA) is 115 Å². The first-order chi connectivity index (χ1) is 15.9. The number of fused-ring (bicyclic) bond motifs is 1. The molecule has 1 aliphatic heterocycles. The molecule has 34 heavy (non-hydrogen) atoms. The Morgan fingerprint density at radius 3 is 2.65 bits per heavy atom. The van der Waals surface area contributed by atoms with Crippen LogP contribution in [0.2, 0.25) is 0 Å². The number of aromatic nitrogens is 5. The number of morpholine rings is 1. The summed E-state index contributed by atoms with van der Waals surface area (Å²) in [7, 11) is -3.65. The number of hydrogen-bond acceptors (Lipinski definition) is 8. The van der Waals surface area contributed by atoms with Gasteiger partial charge < -0.3 is 9.64 Å². The minimum atomic E-state index is -4.70. The first-order valence-corrected chi connectivity index (χ1v) is 11.7. The number of hydrogen-bond donors (Lipinski definition) is 1. The molecule has 0 amide bonds. The van der Waals surface area contributed by atoms with E-state index in [-0.39, 0.29) is 35.9 Å². The Hall–Kier alpha value is -2.98. The van der Waals surface area contributed by atoms with Crippen molar-refractivity contribution in [1.29, 1.82) is 0 Å². The van der Waals surface area contributed by atoms with Crippen LogP contribution in [0.25, 0.3) is 17.0 Å². The highest BCUT2D eigenvalue weighted by Crippen LogP contribution is 2.30. The Bertz CT molecular complexity index is 1280. The van der Waals surface area contributed by atoms with Gasteiger partial charge in [-0.2, -0.15) is 18.3 Å². The highest BCUT2D eigenvalue weighted by atomic mass is 32.2. The van der Waals surface area contributed by atoms with Crippen LogP contribution in [0.3, 0.4) is 0 Å². The predicted molar refractivity (Wildman–Crippen MR) is 109 cm³/mol. The van der Waals surface area contributed by atoms with E-state index in [2.05, 4.69) is 24.8 Å². The summed E-state index contributed by atoms with van der Waals surface area (Å²) in [5.74, 6) is 0.104. The van der Waals surface area contributed by atoms with Crippen LogP contribution < -0.4 is 9.62 Å². The van der Waals surface area contributed by atoms with E-state index in [0.29, 0.717) is 0 Å². The van der Waals surface area contributed by atoms with Gasteiger partial charge in [0, 0.05) is 19.2 Å². The molecule has 4 heterocycles. The van der Waals surface area contributed by atoms with Gasteiger partial charge in [-0.15, -0.1) is 0 Å². The summed E-state index contributed by atoms with van der Waals surface area (Å²) in [6, 6.07) is 3.87. The number of nitrogens with zero attached hydrogens (tertiary/aromatic N) is 6. The number of ether oxygens (including phenoxy) is 1. The van der Waals surface area contributed by atoms with Gasteiger partial charge in [0.1, 0.15) is 23.5 Å². The maximum Gasteiger partial charge on any atom is 0.416 e. The largest absolute Gasteiger partial charge is 0.416 e. The quantitative estimate of drug-likeness (QED) is 0.503. The average molecular weight is 507 g/mol. The number of alkyl halides is 5. The molecular weight excluding hydrogens is 489 g/mol. The third-order valence-electron chi connectivity index (χ3n) is 4.95. The number of sulfonamides is 1. The Labute approximate surface area is 189 Å². The van der Waals surface area contributed by atoms with E-state index in [1.165, 1.54) is 23.2 Å². The zero-order chi connectivity index (χ0) is 24.7. The lowest BCUT2D eigenvalue weighted by molar-refractivity contribution is -0.234. The SMILES string of the molecule is CS(=O)(=O)NC[C@@H]1CN(c2cc(-c3cnc4ccc(C(F)F)nn34)ncn2)C[C@H](C(F)(F)F)O1. The van der Waals surface area contributed by atoms with Crippen LogP contribution in [0.4, 0.5) is 27.8 Å². The van der Waals surface area contributed by atoms with Crippen molar-refractivity contribution < 1.29 is 35.1 Å². The molecule has 184 valence electrons. The highest BCUT2D eigenvalue weighted by molar-refractivity contribution is 7.88. The van der Waals surface area contributed by atoms with Crippen LogP contribution in [0.5, 0.6) is 0 Å². The highest BCUT2D eigenvalue weighted by Gasteiger charge is 2.46. The fraction of sp³-hybridized carbons (Fsp3) is 0.444. The van der Waals surface area contributed by atoms with E-state index in [1.54, 1.807) is 0 Å². The van der Waals surface area contributed by atoms with Crippen LogP contribution in [0.1, 0.15) is 12.1 Å². The molecule has 0 radical (unpaired) electrons. The first kappa shape index (κ1) is 24.2. The van der Waals surface area contributed by atoms with E-state index in [1.807, 2.05) is 0 Å². The molecule has 1 aliphatic rings. The number of halogens is 5. The second-order valence-corrected chi connectivity index (χ2v) is 9.38. The summed E-state index contributed by atoms with van der Waals surface area (Å²) in [5.41, 5.74) is 0.216. The van der Waals surface area contributed by atoms with Crippen molar-refractivity contribution in [3.8, 4) is 11.4 Å². The smallest absolute Gasteiger partial charge is 0.360 e. The maximum absolute atomic E-state index is 13.5. The minimum Gasteiger partial charge on any atom is -0.360 e. The Morgan fingerprint density at radius 2 is 1.97 bits per heavy atom. The van der Waals surface area contributed by atoms with Crippen molar-refractivity contribution in [3.63, 3.8) is 0 Å². The average Bonchev–Trinajstić information content (AvgIpc) is 3.20. The molecule has 0 bridgehead atoms. The molecule has 4 rings (SSSR count). The van der Waals surface area contributed by atoms with Crippen LogP contribution in [0.15, 0.2) is 30.7 Å². The van der Waals surface area contributed by atoms with E-state index >= 15 is 0 Å². The van der Waals surface area contributed by atoms with Crippen molar-refractivity contribution in [3.05, 3.63) is 36.4 Å². The summed E-state index contributed by atoms with van der Waals surface area (Å²) in [5, 5.41) is 3.85. The Morgan fingerprint density at radius 1 is 1.21 bits per heavy atom. The van der Waals surface area contributed by atoms with E-state index in [4.69, 9.17) is 4.74 Å². The van der Waals surface area contributed by atoms with Gasteiger partial charge in [-0.3, -0.25) is 0 Å². The molecule has 2 atom stereocenters. The van der Waals surface area contributed by atoms with Gasteiger partial charge in [0.05, 0.1) is 30.8 Å². The fourth-order valence-electron chi connectivity index (χ4n) is 3.40. The summed E-state index contributed by atoms with van der Waals surface area (Å²) in [6.45, 7) is -1.05. The van der Waals surface area contributed by atoms with Crippen molar-refractivity contribution in [2.45, 2.75) is 24.8 Å². The lowest BCUT2D eigenvalue weighted by Crippen LogP contribution is -2.56. The van der Waals surface area contributed by atoms with Crippen LogP contribution >= 0.6 is 0 Å². The maximum atomic E-state index is 13.5. The standard InChI is InChI=1S/C18H18F5N7O3S/c1-34(31,32)27-5-10-7-29(8-14(33-10)18(21,22)23)16-4-12(25-9-26-16)13-6-24-15-3-2-11(17(19)20)28-30(13)15/h2-4,6,9-10,14,17,27H,5,7-8H2,1H3/t10-,14-/m1/s1. The number of nitrogens with one attached hydrogen (secondary N) is 1. The molecule has 3 aromatic heterocycles. The Kier molecular flexibility index (Phi) is 6.39. The fourth-order valence-corrected chi connectivity index (χ4v) is 3.89. The van der Waals surface area contributed by atoms with E-state index in [9.17, 15) is 30.4 Å². The zero-order valence-corrected chi connectivity index (χ0v) is 18.3. The van der Waals surface area contributed by atoms with E-state index < -0.39 is 47.1 Å². The summed E-state index contributed by atoms with van der Waals surface area (Å²) >= 11 is 0. The van der Waals surface area contributed by atoms with Gasteiger partial charge in [0.25, 0.3) is 6.43 Å². The third-order valence-corrected chi connectivity index (χ3v) is 5.64. The Balaban J connectivity index is 1.65. The van der Waals surface area contributed by atoms with Gasteiger partial charge in [-0.1, -0.05) is 0 Å². The molecule has 0 unspecified atom stereocenters.